The third-order valence-electron chi connectivity index (χ3n) is 3.99. The van der Waals surface area contributed by atoms with Crippen LogP contribution in [0.15, 0.2) is 71.7 Å². The van der Waals surface area contributed by atoms with E-state index in [1.807, 2.05) is 72.8 Å². The first-order valence-electron chi connectivity index (χ1n) is 8.27. The molecule has 3 rings (SSSR count). The number of benzene rings is 2. The second kappa shape index (κ2) is 8.83. The lowest BCUT2D eigenvalue weighted by Crippen LogP contribution is -2.30. The van der Waals surface area contributed by atoms with Gasteiger partial charge in [-0.2, -0.15) is 0 Å². The standard InChI is InChI=1S/C21H19NO2S2/c1-24-18-12-10-17(11-13-18)14-15-22-20(23)19(26-21(22)25)9-5-8-16-6-3-2-4-7-16/h2-13H,14-15H2,1H3/b8-5+,19-9-. The number of amides is 1. The van der Waals surface area contributed by atoms with Crippen molar-refractivity contribution in [2.75, 3.05) is 13.7 Å². The van der Waals surface area contributed by atoms with E-state index in [0.29, 0.717) is 15.8 Å². The van der Waals surface area contributed by atoms with Crippen LogP contribution >= 0.6 is 24.0 Å². The van der Waals surface area contributed by atoms with Crippen molar-refractivity contribution in [2.24, 2.45) is 0 Å². The lowest BCUT2D eigenvalue weighted by Gasteiger charge is -2.14. The highest BCUT2D eigenvalue weighted by atomic mass is 32.2. The van der Waals surface area contributed by atoms with E-state index >= 15 is 0 Å². The summed E-state index contributed by atoms with van der Waals surface area (Å²) >= 11 is 6.73. The first-order chi connectivity index (χ1) is 12.7. The van der Waals surface area contributed by atoms with Gasteiger partial charge in [-0.3, -0.25) is 9.69 Å². The van der Waals surface area contributed by atoms with Crippen LogP contribution in [-0.2, 0) is 11.2 Å². The van der Waals surface area contributed by atoms with Gasteiger partial charge in [0, 0.05) is 6.54 Å². The molecule has 0 atom stereocenters. The van der Waals surface area contributed by atoms with Crippen LogP contribution in [-0.4, -0.2) is 28.8 Å². The molecule has 0 aromatic heterocycles. The van der Waals surface area contributed by atoms with Crippen molar-refractivity contribution >= 4 is 40.3 Å². The second-order valence-corrected chi connectivity index (χ2v) is 7.40. The molecule has 1 aliphatic rings. The molecule has 0 bridgehead atoms. The Kier molecular flexibility index (Phi) is 6.26. The predicted molar refractivity (Wildman–Crippen MR) is 112 cm³/mol. The molecule has 0 saturated carbocycles. The maximum absolute atomic E-state index is 12.6. The average molecular weight is 382 g/mol. The minimum Gasteiger partial charge on any atom is -0.497 e. The van der Waals surface area contributed by atoms with E-state index in [0.717, 1.165) is 23.3 Å². The first-order valence-corrected chi connectivity index (χ1v) is 9.50. The van der Waals surface area contributed by atoms with Crippen molar-refractivity contribution in [1.82, 2.24) is 4.90 Å². The number of carbonyl (C=O) groups is 1. The Morgan fingerprint density at radius 3 is 2.54 bits per heavy atom. The summed E-state index contributed by atoms with van der Waals surface area (Å²) in [5.74, 6) is 0.804. The molecule has 132 valence electrons. The van der Waals surface area contributed by atoms with Gasteiger partial charge in [-0.25, -0.2) is 0 Å². The predicted octanol–water partition coefficient (Wildman–Crippen LogP) is 4.70. The summed E-state index contributed by atoms with van der Waals surface area (Å²) < 4.78 is 5.78. The van der Waals surface area contributed by atoms with Gasteiger partial charge in [0.15, 0.2) is 0 Å². The molecular weight excluding hydrogens is 362 g/mol. The summed E-state index contributed by atoms with van der Waals surface area (Å²) in [4.78, 5) is 14.9. The zero-order valence-corrected chi connectivity index (χ0v) is 16.1. The molecule has 1 fully saturated rings. The van der Waals surface area contributed by atoms with Crippen LogP contribution in [0.5, 0.6) is 5.75 Å². The van der Waals surface area contributed by atoms with E-state index in [1.54, 1.807) is 12.0 Å². The van der Waals surface area contributed by atoms with Crippen LogP contribution in [0, 0.1) is 0 Å². The topological polar surface area (TPSA) is 29.5 Å². The zero-order chi connectivity index (χ0) is 18.4. The largest absolute Gasteiger partial charge is 0.497 e. The second-order valence-electron chi connectivity index (χ2n) is 5.72. The number of carbonyl (C=O) groups excluding carboxylic acids is 1. The summed E-state index contributed by atoms with van der Waals surface area (Å²) in [5, 5.41) is 0. The molecule has 0 radical (unpaired) electrons. The highest BCUT2D eigenvalue weighted by Crippen LogP contribution is 2.31. The van der Waals surface area contributed by atoms with Gasteiger partial charge in [0.25, 0.3) is 5.91 Å². The van der Waals surface area contributed by atoms with E-state index in [1.165, 1.54) is 11.8 Å². The van der Waals surface area contributed by atoms with Gasteiger partial charge in [-0.1, -0.05) is 78.6 Å². The molecule has 2 aromatic carbocycles. The molecule has 1 heterocycles. The fourth-order valence-electron chi connectivity index (χ4n) is 2.55. The highest BCUT2D eigenvalue weighted by Gasteiger charge is 2.31. The summed E-state index contributed by atoms with van der Waals surface area (Å²) in [6.45, 7) is 0.580. The van der Waals surface area contributed by atoms with Crippen molar-refractivity contribution in [2.45, 2.75) is 6.42 Å². The van der Waals surface area contributed by atoms with Crippen molar-refractivity contribution < 1.29 is 9.53 Å². The van der Waals surface area contributed by atoms with Gasteiger partial charge in [0.1, 0.15) is 10.1 Å². The number of hydrogen-bond donors (Lipinski definition) is 0. The lowest BCUT2D eigenvalue weighted by atomic mass is 10.1. The lowest BCUT2D eigenvalue weighted by molar-refractivity contribution is -0.122. The van der Waals surface area contributed by atoms with Crippen LogP contribution in [0.1, 0.15) is 11.1 Å². The van der Waals surface area contributed by atoms with Crippen molar-refractivity contribution in [3.8, 4) is 5.75 Å². The van der Waals surface area contributed by atoms with Crippen LogP contribution in [0.4, 0.5) is 0 Å². The number of ether oxygens (including phenoxy) is 1. The maximum Gasteiger partial charge on any atom is 0.266 e. The van der Waals surface area contributed by atoms with Crippen LogP contribution in [0.3, 0.4) is 0 Å². The Morgan fingerprint density at radius 1 is 1.12 bits per heavy atom. The number of thiocarbonyl (C=S) groups is 1. The van der Waals surface area contributed by atoms with Crippen molar-refractivity contribution in [3.63, 3.8) is 0 Å². The van der Waals surface area contributed by atoms with Gasteiger partial charge in [0.05, 0.1) is 12.0 Å². The number of hydrogen-bond acceptors (Lipinski definition) is 4. The average Bonchev–Trinajstić information content (AvgIpc) is 2.94. The number of thioether (sulfide) groups is 1. The van der Waals surface area contributed by atoms with Gasteiger partial charge >= 0.3 is 0 Å². The van der Waals surface area contributed by atoms with Gasteiger partial charge < -0.3 is 4.74 Å². The van der Waals surface area contributed by atoms with E-state index in [9.17, 15) is 4.79 Å². The molecule has 0 aliphatic carbocycles. The Balaban J connectivity index is 1.61. The van der Waals surface area contributed by atoms with Crippen molar-refractivity contribution in [3.05, 3.63) is 82.8 Å². The van der Waals surface area contributed by atoms with E-state index in [4.69, 9.17) is 17.0 Å². The summed E-state index contributed by atoms with van der Waals surface area (Å²) in [6, 6.07) is 17.8. The maximum atomic E-state index is 12.6. The zero-order valence-electron chi connectivity index (χ0n) is 14.4. The van der Waals surface area contributed by atoms with Crippen LogP contribution in [0.25, 0.3) is 6.08 Å². The number of rotatable bonds is 6. The summed E-state index contributed by atoms with van der Waals surface area (Å²) in [7, 11) is 1.65. The highest BCUT2D eigenvalue weighted by molar-refractivity contribution is 8.26. The molecule has 1 saturated heterocycles. The quantitative estimate of drug-likeness (QED) is 0.536. The number of nitrogens with zero attached hydrogens (tertiary/aromatic N) is 1. The fraction of sp³-hybridized carbons (Fsp3) is 0.143. The summed E-state index contributed by atoms with van der Waals surface area (Å²) in [6.07, 6.45) is 6.46. The third kappa shape index (κ3) is 4.62. The van der Waals surface area contributed by atoms with E-state index in [-0.39, 0.29) is 5.91 Å². The van der Waals surface area contributed by atoms with Gasteiger partial charge in [0.2, 0.25) is 0 Å². The molecule has 3 nitrogen and oxygen atoms in total. The molecule has 0 N–H and O–H groups in total. The number of allylic oxidation sites excluding steroid dienone is 2. The van der Waals surface area contributed by atoms with Crippen molar-refractivity contribution in [1.29, 1.82) is 0 Å². The minimum atomic E-state index is -0.0220. The number of methoxy groups -OCH3 is 1. The molecular formula is C21H19NO2S2. The minimum absolute atomic E-state index is 0.0220. The molecule has 0 unspecified atom stereocenters. The van der Waals surface area contributed by atoms with E-state index < -0.39 is 0 Å². The van der Waals surface area contributed by atoms with Crippen LogP contribution < -0.4 is 4.74 Å². The molecule has 26 heavy (non-hydrogen) atoms. The molecule has 0 spiro atoms. The van der Waals surface area contributed by atoms with E-state index in [2.05, 4.69) is 0 Å². The Hall–Kier alpha value is -2.37. The molecule has 5 heteroatoms. The Bertz CT molecular complexity index is 842. The smallest absolute Gasteiger partial charge is 0.266 e. The Labute approximate surface area is 163 Å². The molecule has 1 aliphatic heterocycles. The Morgan fingerprint density at radius 2 is 1.85 bits per heavy atom. The van der Waals surface area contributed by atoms with Crippen LogP contribution in [0.2, 0.25) is 0 Å². The SMILES string of the molecule is COc1ccc(CCN2C(=O)/C(=C/C=C/c3ccccc3)SC2=S)cc1. The summed E-state index contributed by atoms with van der Waals surface area (Å²) in [5.41, 5.74) is 2.24. The molecule has 1 amide bonds. The van der Waals surface area contributed by atoms with Gasteiger partial charge in [-0.15, -0.1) is 0 Å². The third-order valence-corrected chi connectivity index (χ3v) is 5.39. The monoisotopic (exact) mass is 381 g/mol. The normalized spacial score (nSPS) is 16.0. The first kappa shape index (κ1) is 18.4. The fourth-order valence-corrected chi connectivity index (χ4v) is 3.81. The molecule has 2 aromatic rings. The van der Waals surface area contributed by atoms with Gasteiger partial charge in [-0.05, 0) is 35.8 Å².